The molecule has 3 aromatic rings. The number of nitrogens with zero attached hydrogens (tertiary/aromatic N) is 3. The smallest absolute Gasteiger partial charge is 0.344 e. The van der Waals surface area contributed by atoms with Gasteiger partial charge in [0.1, 0.15) is 5.56 Å². The van der Waals surface area contributed by atoms with Crippen LogP contribution in [0.5, 0.6) is 0 Å². The van der Waals surface area contributed by atoms with Crippen LogP contribution < -0.4 is 4.72 Å². The van der Waals surface area contributed by atoms with Crippen molar-refractivity contribution in [2.75, 3.05) is 19.4 Å². The van der Waals surface area contributed by atoms with Gasteiger partial charge in [0, 0.05) is 23.8 Å². The number of rotatable bonds is 8. The minimum atomic E-state index is -3.24. The van der Waals surface area contributed by atoms with Crippen molar-refractivity contribution < 1.29 is 22.7 Å². The number of hydrogen-bond donors (Lipinski definition) is 1. The van der Waals surface area contributed by atoms with Gasteiger partial charge in [0.25, 0.3) is 0 Å². The second kappa shape index (κ2) is 8.17. The highest BCUT2D eigenvalue weighted by molar-refractivity contribution is 7.88. The van der Waals surface area contributed by atoms with Crippen LogP contribution in [0.4, 0.5) is 0 Å². The number of esters is 1. The number of fused-ring (bicyclic) bond motifs is 1. The van der Waals surface area contributed by atoms with Crippen molar-refractivity contribution in [3.63, 3.8) is 0 Å². The summed E-state index contributed by atoms with van der Waals surface area (Å²) in [4.78, 5) is 30.1. The van der Waals surface area contributed by atoms with Gasteiger partial charge >= 0.3 is 5.97 Å². The van der Waals surface area contributed by atoms with Crippen molar-refractivity contribution in [3.8, 4) is 0 Å². The number of ketones is 1. The molecule has 3 heterocycles. The zero-order chi connectivity index (χ0) is 20.3. The van der Waals surface area contributed by atoms with Crippen LogP contribution in [0.1, 0.15) is 30.6 Å². The van der Waals surface area contributed by atoms with Crippen molar-refractivity contribution >= 4 is 38.8 Å². The number of aromatic nitrogens is 3. The molecule has 28 heavy (non-hydrogen) atoms. The maximum absolute atomic E-state index is 12.4. The number of carbonyl (C=O) groups is 2. The van der Waals surface area contributed by atoms with Crippen LogP contribution in [0.15, 0.2) is 30.6 Å². The fourth-order valence-corrected chi connectivity index (χ4v) is 3.94. The molecule has 0 fully saturated rings. The molecule has 0 atom stereocenters. The SMILES string of the molecule is Cc1nn2cccnc2c1C(=O)OCC(=O)c1ccc(CCNS(C)(=O)=O)s1. The summed E-state index contributed by atoms with van der Waals surface area (Å²) in [6.45, 7) is 1.52. The van der Waals surface area contributed by atoms with E-state index in [1.807, 2.05) is 0 Å². The van der Waals surface area contributed by atoms with Gasteiger partial charge in [-0.3, -0.25) is 4.79 Å². The van der Waals surface area contributed by atoms with Crippen LogP contribution in [-0.4, -0.2) is 54.2 Å². The summed E-state index contributed by atoms with van der Waals surface area (Å²) < 4.78 is 31.2. The molecule has 0 unspecified atom stereocenters. The van der Waals surface area contributed by atoms with Gasteiger partial charge in [-0.25, -0.2) is 27.4 Å². The monoisotopic (exact) mass is 422 g/mol. The lowest BCUT2D eigenvalue weighted by molar-refractivity contribution is 0.0476. The minimum absolute atomic E-state index is 0.229. The third-order valence-corrected chi connectivity index (χ3v) is 5.70. The van der Waals surface area contributed by atoms with Crippen molar-refractivity contribution in [1.82, 2.24) is 19.3 Å². The molecular weight excluding hydrogens is 404 g/mol. The molecule has 0 aliphatic carbocycles. The van der Waals surface area contributed by atoms with Crippen molar-refractivity contribution in [3.05, 3.63) is 51.6 Å². The largest absolute Gasteiger partial charge is 0.454 e. The zero-order valence-corrected chi connectivity index (χ0v) is 16.8. The normalized spacial score (nSPS) is 11.6. The van der Waals surface area contributed by atoms with E-state index in [9.17, 15) is 18.0 Å². The van der Waals surface area contributed by atoms with Crippen LogP contribution in [-0.2, 0) is 21.2 Å². The fraction of sp³-hybridized carbons (Fsp3) is 0.294. The lowest BCUT2D eigenvalue weighted by Gasteiger charge is -2.03. The molecule has 0 amide bonds. The summed E-state index contributed by atoms with van der Waals surface area (Å²) in [6.07, 6.45) is 4.78. The second-order valence-corrected chi connectivity index (χ2v) is 9.03. The Bertz CT molecular complexity index is 1130. The van der Waals surface area contributed by atoms with E-state index in [0.717, 1.165) is 11.1 Å². The third-order valence-electron chi connectivity index (χ3n) is 3.78. The Hall–Kier alpha value is -2.63. The van der Waals surface area contributed by atoms with E-state index in [0.29, 0.717) is 22.6 Å². The van der Waals surface area contributed by atoms with Crippen molar-refractivity contribution in [2.24, 2.45) is 0 Å². The molecule has 1 N–H and O–H groups in total. The predicted octanol–water partition coefficient (Wildman–Crippen LogP) is 1.23. The summed E-state index contributed by atoms with van der Waals surface area (Å²) in [5.74, 6) is -0.989. The van der Waals surface area contributed by atoms with E-state index in [4.69, 9.17) is 4.74 Å². The standard InChI is InChI=1S/C17H18N4O5S2/c1-11-15(16-18-7-3-9-21(16)20-11)17(23)26-10-13(22)14-5-4-12(27-14)6-8-19-28(2,24)25/h3-5,7,9,19H,6,8,10H2,1-2H3. The van der Waals surface area contributed by atoms with Gasteiger partial charge < -0.3 is 4.74 Å². The van der Waals surface area contributed by atoms with E-state index in [-0.39, 0.29) is 17.9 Å². The molecule has 0 saturated carbocycles. The van der Waals surface area contributed by atoms with Crippen LogP contribution in [0.25, 0.3) is 5.65 Å². The number of sulfonamides is 1. The Kier molecular flexibility index (Phi) is 5.87. The summed E-state index contributed by atoms with van der Waals surface area (Å²) in [5, 5.41) is 4.19. The van der Waals surface area contributed by atoms with Crippen LogP contribution in [0, 0.1) is 6.92 Å². The molecule has 3 rings (SSSR count). The van der Waals surface area contributed by atoms with Gasteiger partial charge in [0.2, 0.25) is 15.8 Å². The molecule has 0 saturated heterocycles. The summed E-state index contributed by atoms with van der Waals surface area (Å²) in [7, 11) is -3.24. The third kappa shape index (κ3) is 4.80. The first-order chi connectivity index (χ1) is 13.2. The quantitative estimate of drug-likeness (QED) is 0.428. The maximum Gasteiger partial charge on any atom is 0.344 e. The average Bonchev–Trinajstić information content (AvgIpc) is 3.22. The molecule has 0 bridgehead atoms. The Labute approximate surface area is 165 Å². The van der Waals surface area contributed by atoms with Gasteiger partial charge in [-0.1, -0.05) is 0 Å². The Morgan fingerprint density at radius 3 is 2.86 bits per heavy atom. The molecule has 148 valence electrons. The number of nitrogens with one attached hydrogen (secondary N) is 1. The molecule has 9 nitrogen and oxygen atoms in total. The first-order valence-electron chi connectivity index (χ1n) is 8.28. The van der Waals surface area contributed by atoms with Gasteiger partial charge in [0.15, 0.2) is 12.3 Å². The van der Waals surface area contributed by atoms with E-state index < -0.39 is 22.6 Å². The number of ether oxygens (including phenoxy) is 1. The lowest BCUT2D eigenvalue weighted by Crippen LogP contribution is -2.24. The molecule has 0 aliphatic heterocycles. The second-order valence-electron chi connectivity index (χ2n) is 6.03. The van der Waals surface area contributed by atoms with Gasteiger partial charge in [0.05, 0.1) is 16.8 Å². The Morgan fingerprint density at radius 2 is 2.11 bits per heavy atom. The lowest BCUT2D eigenvalue weighted by atomic mass is 10.2. The zero-order valence-electron chi connectivity index (χ0n) is 15.2. The topological polar surface area (TPSA) is 120 Å². The number of thiophene rings is 1. The van der Waals surface area contributed by atoms with E-state index >= 15 is 0 Å². The van der Waals surface area contributed by atoms with Crippen LogP contribution >= 0.6 is 11.3 Å². The van der Waals surface area contributed by atoms with E-state index in [1.165, 1.54) is 15.9 Å². The Morgan fingerprint density at radius 1 is 1.32 bits per heavy atom. The highest BCUT2D eigenvalue weighted by Gasteiger charge is 2.21. The maximum atomic E-state index is 12.4. The van der Waals surface area contributed by atoms with Gasteiger partial charge in [-0.15, -0.1) is 11.3 Å². The van der Waals surface area contributed by atoms with Crippen LogP contribution in [0.3, 0.4) is 0 Å². The van der Waals surface area contributed by atoms with Gasteiger partial charge in [-0.2, -0.15) is 5.10 Å². The van der Waals surface area contributed by atoms with Crippen molar-refractivity contribution in [2.45, 2.75) is 13.3 Å². The molecule has 0 spiro atoms. The highest BCUT2D eigenvalue weighted by Crippen LogP contribution is 2.19. The Balaban J connectivity index is 1.59. The summed E-state index contributed by atoms with van der Waals surface area (Å²) >= 11 is 1.24. The van der Waals surface area contributed by atoms with E-state index in [2.05, 4.69) is 14.8 Å². The fourth-order valence-electron chi connectivity index (χ4n) is 2.53. The molecule has 0 radical (unpaired) electrons. The summed E-state index contributed by atoms with van der Waals surface area (Å²) in [5.41, 5.74) is 1.06. The number of carbonyl (C=O) groups excluding carboxylic acids is 2. The van der Waals surface area contributed by atoms with Crippen LogP contribution in [0.2, 0.25) is 0 Å². The molecule has 11 heteroatoms. The highest BCUT2D eigenvalue weighted by atomic mass is 32.2. The average molecular weight is 422 g/mol. The molecule has 0 aliphatic rings. The molecule has 3 aromatic heterocycles. The number of hydrogen-bond acceptors (Lipinski definition) is 8. The first kappa shape index (κ1) is 20.1. The summed E-state index contributed by atoms with van der Waals surface area (Å²) in [6, 6.07) is 5.08. The predicted molar refractivity (Wildman–Crippen MR) is 103 cm³/mol. The first-order valence-corrected chi connectivity index (χ1v) is 11.0. The molecule has 0 aromatic carbocycles. The number of Topliss-reactive ketones (excluding diaryl/α,β-unsaturated/α-hetero) is 1. The van der Waals surface area contributed by atoms with Gasteiger partial charge in [-0.05, 0) is 31.5 Å². The molecular formula is C17H18N4O5S2. The minimum Gasteiger partial charge on any atom is -0.454 e. The van der Waals surface area contributed by atoms with Crippen molar-refractivity contribution in [1.29, 1.82) is 0 Å². The van der Waals surface area contributed by atoms with E-state index in [1.54, 1.807) is 37.5 Å². The number of aryl methyl sites for hydroxylation is 1.